The zero-order chi connectivity index (χ0) is 14.1. The number of hydrogen-bond donors (Lipinski definition) is 1. The Morgan fingerprint density at radius 2 is 1.94 bits per heavy atom. The average Bonchev–Trinajstić information content (AvgIpc) is 2.13. The van der Waals surface area contributed by atoms with E-state index in [0.717, 1.165) is 7.11 Å². The van der Waals surface area contributed by atoms with Crippen LogP contribution in [0.5, 0.6) is 11.6 Å². The summed E-state index contributed by atoms with van der Waals surface area (Å²) in [7, 11) is 1.46. The molecule has 1 rings (SSSR count). The minimum absolute atomic E-state index is 0.530. The van der Waals surface area contributed by atoms with Gasteiger partial charge in [0.2, 0.25) is 5.88 Å². The van der Waals surface area contributed by atoms with E-state index in [2.05, 4.69) is 9.47 Å². The quantitative estimate of drug-likeness (QED) is 0.848. The molecule has 0 atom stereocenters. The molecule has 0 saturated carbocycles. The molecule has 102 valence electrons. The number of pyridine rings is 1. The second kappa shape index (κ2) is 4.69. The minimum atomic E-state index is -5.07. The molecule has 0 aliphatic rings. The molecule has 0 amide bonds. The Balaban J connectivity index is 3.42. The largest absolute Gasteiger partial charge is 0.574 e. The Kier molecular flexibility index (Phi) is 3.81. The third-order valence-corrected chi connectivity index (χ3v) is 2.96. The Hall–Kier alpha value is -1.42. The van der Waals surface area contributed by atoms with Crippen LogP contribution in [0.15, 0.2) is 15.8 Å². The third-order valence-electron chi connectivity index (χ3n) is 1.64. The summed E-state index contributed by atoms with van der Waals surface area (Å²) in [6.45, 7) is 0. The predicted molar refractivity (Wildman–Crippen MR) is 53.3 cm³/mol. The van der Waals surface area contributed by atoms with Crippen LogP contribution in [0.4, 0.5) is 13.2 Å². The maximum absolute atomic E-state index is 12.0. The standard InChI is InChI=1S/C7H5ClF3NO5S/c1-16-3-2-4(18(8,14)15)5(13)12-6(3)17-7(9,10)11/h2H,1H3,(H,12,13). The maximum atomic E-state index is 12.0. The fourth-order valence-corrected chi connectivity index (χ4v) is 1.86. The van der Waals surface area contributed by atoms with Crippen LogP contribution >= 0.6 is 10.7 Å². The highest BCUT2D eigenvalue weighted by Crippen LogP contribution is 2.30. The smallest absolute Gasteiger partial charge is 0.491 e. The SMILES string of the molecule is COc1cc(S(=O)(=O)Cl)c(=O)[nH]c1OC(F)(F)F. The number of nitrogens with one attached hydrogen (secondary N) is 1. The first-order valence-electron chi connectivity index (χ1n) is 4.06. The van der Waals surface area contributed by atoms with Crippen LogP contribution < -0.4 is 15.0 Å². The van der Waals surface area contributed by atoms with Gasteiger partial charge < -0.3 is 9.47 Å². The molecule has 0 saturated heterocycles. The van der Waals surface area contributed by atoms with E-state index in [1.807, 2.05) is 0 Å². The summed E-state index contributed by atoms with van der Waals surface area (Å²) >= 11 is 0. The van der Waals surface area contributed by atoms with Gasteiger partial charge in [0.1, 0.15) is 0 Å². The van der Waals surface area contributed by atoms with Gasteiger partial charge in [0, 0.05) is 16.7 Å². The van der Waals surface area contributed by atoms with Crippen LogP contribution in [0, 0.1) is 0 Å². The zero-order valence-electron chi connectivity index (χ0n) is 8.54. The van der Waals surface area contributed by atoms with Crippen molar-refractivity contribution >= 4 is 19.7 Å². The number of H-pyrrole nitrogens is 1. The molecule has 0 unspecified atom stereocenters. The third kappa shape index (κ3) is 3.53. The zero-order valence-corrected chi connectivity index (χ0v) is 10.1. The highest BCUT2D eigenvalue weighted by Gasteiger charge is 2.34. The van der Waals surface area contributed by atoms with Crippen molar-refractivity contribution in [2.75, 3.05) is 7.11 Å². The summed E-state index contributed by atoms with van der Waals surface area (Å²) in [6, 6.07) is 0.530. The second-order valence-electron chi connectivity index (χ2n) is 2.85. The van der Waals surface area contributed by atoms with Crippen molar-refractivity contribution in [1.82, 2.24) is 4.98 Å². The van der Waals surface area contributed by atoms with Gasteiger partial charge in [-0.2, -0.15) is 0 Å². The first-order chi connectivity index (χ1) is 8.04. The summed E-state index contributed by atoms with van der Waals surface area (Å²) in [5.74, 6) is -1.70. The molecule has 11 heteroatoms. The van der Waals surface area contributed by atoms with Gasteiger partial charge >= 0.3 is 6.36 Å². The summed E-state index contributed by atoms with van der Waals surface area (Å²) in [5.41, 5.74) is -1.36. The van der Waals surface area contributed by atoms with Gasteiger partial charge in [0.05, 0.1) is 7.11 Å². The van der Waals surface area contributed by atoms with E-state index < -0.39 is 37.5 Å². The van der Waals surface area contributed by atoms with Crippen LogP contribution in [-0.2, 0) is 9.05 Å². The number of rotatable bonds is 3. The van der Waals surface area contributed by atoms with Crippen LogP contribution in [-0.4, -0.2) is 26.9 Å². The lowest BCUT2D eigenvalue weighted by Gasteiger charge is -2.12. The molecule has 0 radical (unpaired) electrons. The van der Waals surface area contributed by atoms with E-state index in [4.69, 9.17) is 10.7 Å². The molecule has 0 aliphatic heterocycles. The van der Waals surface area contributed by atoms with Crippen molar-refractivity contribution in [3.8, 4) is 11.6 Å². The number of alkyl halides is 3. The lowest BCUT2D eigenvalue weighted by atomic mass is 10.4. The van der Waals surface area contributed by atoms with Crippen molar-refractivity contribution in [1.29, 1.82) is 0 Å². The first kappa shape index (κ1) is 14.6. The molecule has 0 bridgehead atoms. The van der Waals surface area contributed by atoms with E-state index in [1.165, 1.54) is 0 Å². The number of aromatic amines is 1. The fourth-order valence-electron chi connectivity index (χ4n) is 1.00. The molecule has 18 heavy (non-hydrogen) atoms. The molecule has 1 heterocycles. The molecular weight excluding hydrogens is 303 g/mol. The van der Waals surface area contributed by atoms with Gasteiger partial charge in [-0.05, 0) is 0 Å². The number of aromatic nitrogens is 1. The molecule has 6 nitrogen and oxygen atoms in total. The number of methoxy groups -OCH3 is 1. The van der Waals surface area contributed by atoms with Gasteiger partial charge in [-0.15, -0.1) is 13.2 Å². The van der Waals surface area contributed by atoms with E-state index in [9.17, 15) is 26.4 Å². The topological polar surface area (TPSA) is 85.5 Å². The van der Waals surface area contributed by atoms with Crippen molar-refractivity contribution in [2.45, 2.75) is 11.3 Å². The van der Waals surface area contributed by atoms with Crippen molar-refractivity contribution in [3.05, 3.63) is 16.4 Å². The van der Waals surface area contributed by atoms with Crippen LogP contribution in [0.2, 0.25) is 0 Å². The summed E-state index contributed by atoms with van der Waals surface area (Å²) in [4.78, 5) is 11.8. The van der Waals surface area contributed by atoms with Crippen molar-refractivity contribution in [3.63, 3.8) is 0 Å². The summed E-state index contributed by atoms with van der Waals surface area (Å²) in [5, 5.41) is 0. The minimum Gasteiger partial charge on any atom is -0.491 e. The predicted octanol–water partition coefficient (Wildman–Crippen LogP) is 1.21. The highest BCUT2D eigenvalue weighted by atomic mass is 35.7. The van der Waals surface area contributed by atoms with E-state index in [-0.39, 0.29) is 0 Å². The van der Waals surface area contributed by atoms with Gasteiger partial charge in [0.25, 0.3) is 14.6 Å². The molecule has 0 fully saturated rings. The second-order valence-corrected chi connectivity index (χ2v) is 5.38. The van der Waals surface area contributed by atoms with Gasteiger partial charge in [-0.1, -0.05) is 0 Å². The Bertz CT molecular complexity index is 608. The molecule has 1 aromatic rings. The molecule has 0 aromatic carbocycles. The van der Waals surface area contributed by atoms with Crippen molar-refractivity contribution in [2.24, 2.45) is 0 Å². The van der Waals surface area contributed by atoms with Crippen LogP contribution in [0.25, 0.3) is 0 Å². The number of hydrogen-bond acceptors (Lipinski definition) is 5. The molecular formula is C7H5ClF3NO5S. The first-order valence-corrected chi connectivity index (χ1v) is 6.37. The maximum Gasteiger partial charge on any atom is 0.574 e. The fraction of sp³-hybridized carbons (Fsp3) is 0.286. The molecule has 1 aromatic heterocycles. The summed E-state index contributed by atoms with van der Waals surface area (Å²) in [6.07, 6.45) is -5.07. The average molecular weight is 308 g/mol. The van der Waals surface area contributed by atoms with E-state index in [1.54, 1.807) is 4.98 Å². The Morgan fingerprint density at radius 3 is 2.33 bits per heavy atom. The lowest BCUT2D eigenvalue weighted by Crippen LogP contribution is -2.22. The van der Waals surface area contributed by atoms with Crippen molar-refractivity contribution < 1.29 is 31.1 Å². The normalized spacial score (nSPS) is 12.3. The van der Waals surface area contributed by atoms with Gasteiger partial charge in [-0.3, -0.25) is 9.78 Å². The Morgan fingerprint density at radius 1 is 1.39 bits per heavy atom. The van der Waals surface area contributed by atoms with Crippen LogP contribution in [0.3, 0.4) is 0 Å². The van der Waals surface area contributed by atoms with E-state index in [0.29, 0.717) is 6.07 Å². The highest BCUT2D eigenvalue weighted by molar-refractivity contribution is 8.13. The van der Waals surface area contributed by atoms with E-state index >= 15 is 0 Å². The van der Waals surface area contributed by atoms with Gasteiger partial charge in [0.15, 0.2) is 10.6 Å². The summed E-state index contributed by atoms with van der Waals surface area (Å²) < 4.78 is 65.7. The van der Waals surface area contributed by atoms with Crippen LogP contribution in [0.1, 0.15) is 0 Å². The molecule has 0 aliphatic carbocycles. The monoisotopic (exact) mass is 307 g/mol. The van der Waals surface area contributed by atoms with Gasteiger partial charge in [-0.25, -0.2) is 8.42 Å². The number of halogens is 4. The number of ether oxygens (including phenoxy) is 2. The molecule has 0 spiro atoms. The molecule has 1 N–H and O–H groups in total. The Labute approximate surface area is 103 Å². The lowest BCUT2D eigenvalue weighted by molar-refractivity contribution is -0.276.